The van der Waals surface area contributed by atoms with Gasteiger partial charge in [0.15, 0.2) is 6.61 Å². The van der Waals surface area contributed by atoms with Crippen LogP contribution in [0.25, 0.3) is 0 Å². The van der Waals surface area contributed by atoms with E-state index in [1.807, 2.05) is 18.0 Å². The third-order valence-electron chi connectivity index (χ3n) is 3.77. The van der Waals surface area contributed by atoms with Crippen molar-refractivity contribution >= 4 is 5.91 Å². The molecule has 1 aromatic heterocycles. The molecule has 1 aliphatic rings. The van der Waals surface area contributed by atoms with E-state index < -0.39 is 0 Å². The number of likely N-dealkylation sites (tertiary alicyclic amines) is 1. The fourth-order valence-electron chi connectivity index (χ4n) is 2.49. The fourth-order valence-corrected chi connectivity index (χ4v) is 2.49. The lowest BCUT2D eigenvalue weighted by Gasteiger charge is -2.32. The lowest BCUT2D eigenvalue weighted by molar-refractivity contribution is -0.134. The van der Waals surface area contributed by atoms with Gasteiger partial charge in [-0.25, -0.2) is 0 Å². The van der Waals surface area contributed by atoms with E-state index in [0.717, 1.165) is 38.4 Å². The van der Waals surface area contributed by atoms with Gasteiger partial charge in [-0.3, -0.25) is 9.78 Å². The van der Waals surface area contributed by atoms with Crippen molar-refractivity contribution < 1.29 is 9.53 Å². The molecule has 20 heavy (non-hydrogen) atoms. The van der Waals surface area contributed by atoms with Crippen LogP contribution in [0.2, 0.25) is 0 Å². The monoisotopic (exact) mass is 277 g/mol. The summed E-state index contributed by atoms with van der Waals surface area (Å²) in [6.07, 6.45) is 6.70. The molecule has 1 fully saturated rings. The standard InChI is InChI=1S/C15H23N3O2/c1-16-8-4-13-5-9-18(10-6-13)15(19)12-20-14-3-2-7-17-11-14/h2-3,7,11,13,16H,4-6,8-10,12H2,1H3. The second-order valence-electron chi connectivity index (χ2n) is 5.19. The van der Waals surface area contributed by atoms with Crippen LogP contribution >= 0.6 is 0 Å². The highest BCUT2D eigenvalue weighted by atomic mass is 16.5. The van der Waals surface area contributed by atoms with Gasteiger partial charge in [0, 0.05) is 19.3 Å². The number of nitrogens with one attached hydrogen (secondary N) is 1. The number of carbonyl (C=O) groups is 1. The summed E-state index contributed by atoms with van der Waals surface area (Å²) in [5.74, 6) is 1.46. The van der Waals surface area contributed by atoms with Gasteiger partial charge in [-0.1, -0.05) is 0 Å². The number of hydrogen-bond acceptors (Lipinski definition) is 4. The molecule has 1 aliphatic heterocycles. The van der Waals surface area contributed by atoms with Crippen LogP contribution in [0.15, 0.2) is 24.5 Å². The van der Waals surface area contributed by atoms with Crippen LogP contribution in [-0.4, -0.2) is 49.1 Å². The smallest absolute Gasteiger partial charge is 0.260 e. The van der Waals surface area contributed by atoms with E-state index in [0.29, 0.717) is 5.75 Å². The van der Waals surface area contributed by atoms with Crippen molar-refractivity contribution in [2.75, 3.05) is 33.3 Å². The molecule has 1 aromatic rings. The van der Waals surface area contributed by atoms with E-state index in [1.165, 1.54) is 6.42 Å². The molecule has 0 spiro atoms. The lowest BCUT2D eigenvalue weighted by atomic mass is 9.93. The van der Waals surface area contributed by atoms with Crippen molar-refractivity contribution in [1.82, 2.24) is 15.2 Å². The first-order chi connectivity index (χ1) is 9.79. The van der Waals surface area contributed by atoms with Crippen LogP contribution in [0, 0.1) is 5.92 Å². The van der Waals surface area contributed by atoms with Gasteiger partial charge >= 0.3 is 0 Å². The number of nitrogens with zero attached hydrogens (tertiary/aromatic N) is 2. The Hall–Kier alpha value is -1.62. The molecule has 5 heteroatoms. The van der Waals surface area contributed by atoms with Gasteiger partial charge in [0.2, 0.25) is 0 Å². The number of piperidine rings is 1. The maximum Gasteiger partial charge on any atom is 0.260 e. The van der Waals surface area contributed by atoms with E-state index in [4.69, 9.17) is 4.74 Å². The minimum absolute atomic E-state index is 0.0703. The van der Waals surface area contributed by atoms with E-state index in [-0.39, 0.29) is 12.5 Å². The maximum absolute atomic E-state index is 12.1. The summed E-state index contributed by atoms with van der Waals surface area (Å²) in [7, 11) is 1.98. The van der Waals surface area contributed by atoms with Gasteiger partial charge in [0.1, 0.15) is 5.75 Å². The van der Waals surface area contributed by atoms with Crippen LogP contribution in [0.3, 0.4) is 0 Å². The molecule has 0 saturated carbocycles. The van der Waals surface area contributed by atoms with Crippen molar-refractivity contribution in [3.05, 3.63) is 24.5 Å². The number of rotatable bonds is 6. The highest BCUT2D eigenvalue weighted by molar-refractivity contribution is 5.77. The van der Waals surface area contributed by atoms with Crippen LogP contribution in [-0.2, 0) is 4.79 Å². The summed E-state index contributed by atoms with van der Waals surface area (Å²) in [5, 5.41) is 3.18. The average Bonchev–Trinajstić information content (AvgIpc) is 2.52. The summed E-state index contributed by atoms with van der Waals surface area (Å²) >= 11 is 0. The second kappa shape index (κ2) is 7.85. The Kier molecular flexibility index (Phi) is 5.80. The number of ether oxygens (including phenoxy) is 1. The number of aromatic nitrogens is 1. The fraction of sp³-hybridized carbons (Fsp3) is 0.600. The quantitative estimate of drug-likeness (QED) is 0.852. The zero-order valence-corrected chi connectivity index (χ0v) is 12.0. The van der Waals surface area contributed by atoms with Crippen LogP contribution in [0.1, 0.15) is 19.3 Å². The molecular formula is C15H23N3O2. The summed E-state index contributed by atoms with van der Waals surface area (Å²) in [5.41, 5.74) is 0. The molecule has 1 N–H and O–H groups in total. The van der Waals surface area contributed by atoms with Gasteiger partial charge in [-0.15, -0.1) is 0 Å². The van der Waals surface area contributed by atoms with Gasteiger partial charge in [0.25, 0.3) is 5.91 Å². The number of amides is 1. The number of hydrogen-bond donors (Lipinski definition) is 1. The van der Waals surface area contributed by atoms with Crippen LogP contribution < -0.4 is 10.1 Å². The van der Waals surface area contributed by atoms with Gasteiger partial charge < -0.3 is 15.0 Å². The molecule has 0 atom stereocenters. The van der Waals surface area contributed by atoms with Gasteiger partial charge in [-0.2, -0.15) is 0 Å². The number of carbonyl (C=O) groups excluding carboxylic acids is 1. The van der Waals surface area contributed by atoms with Gasteiger partial charge in [-0.05, 0) is 50.9 Å². The molecule has 110 valence electrons. The van der Waals surface area contributed by atoms with E-state index in [2.05, 4.69) is 10.3 Å². The van der Waals surface area contributed by atoms with Crippen LogP contribution in [0.5, 0.6) is 5.75 Å². The van der Waals surface area contributed by atoms with Crippen molar-refractivity contribution in [3.63, 3.8) is 0 Å². The highest BCUT2D eigenvalue weighted by Gasteiger charge is 2.22. The Balaban J connectivity index is 1.69. The van der Waals surface area contributed by atoms with Crippen molar-refractivity contribution in [3.8, 4) is 5.75 Å². The lowest BCUT2D eigenvalue weighted by Crippen LogP contribution is -2.41. The van der Waals surface area contributed by atoms with Crippen molar-refractivity contribution in [1.29, 1.82) is 0 Å². The second-order valence-corrected chi connectivity index (χ2v) is 5.19. The summed E-state index contributed by atoms with van der Waals surface area (Å²) in [6.45, 7) is 2.86. The third kappa shape index (κ3) is 4.49. The normalized spacial score (nSPS) is 16.1. The van der Waals surface area contributed by atoms with Crippen molar-refractivity contribution in [2.24, 2.45) is 5.92 Å². The Morgan fingerprint density at radius 3 is 2.95 bits per heavy atom. The van der Waals surface area contributed by atoms with Crippen molar-refractivity contribution in [2.45, 2.75) is 19.3 Å². The molecule has 0 aromatic carbocycles. The first kappa shape index (κ1) is 14.8. The molecule has 2 heterocycles. The van der Waals surface area contributed by atoms with Crippen LogP contribution in [0.4, 0.5) is 0 Å². The summed E-state index contributed by atoms with van der Waals surface area (Å²) in [4.78, 5) is 17.9. The predicted octanol–water partition coefficient (Wildman–Crippen LogP) is 1.31. The van der Waals surface area contributed by atoms with E-state index >= 15 is 0 Å². The third-order valence-corrected chi connectivity index (χ3v) is 3.77. The zero-order valence-electron chi connectivity index (χ0n) is 12.0. The highest BCUT2D eigenvalue weighted by Crippen LogP contribution is 2.20. The SMILES string of the molecule is CNCCC1CCN(C(=O)COc2cccnc2)CC1. The number of pyridine rings is 1. The average molecular weight is 277 g/mol. The molecule has 5 nitrogen and oxygen atoms in total. The minimum atomic E-state index is 0.0703. The molecule has 2 rings (SSSR count). The Labute approximate surface area is 120 Å². The minimum Gasteiger partial charge on any atom is -0.482 e. The van der Waals surface area contributed by atoms with E-state index in [9.17, 15) is 4.79 Å². The first-order valence-corrected chi connectivity index (χ1v) is 7.25. The predicted molar refractivity (Wildman–Crippen MR) is 77.6 cm³/mol. The Bertz CT molecular complexity index is 403. The summed E-state index contributed by atoms with van der Waals surface area (Å²) in [6, 6.07) is 3.61. The molecule has 0 unspecified atom stereocenters. The largest absolute Gasteiger partial charge is 0.482 e. The first-order valence-electron chi connectivity index (χ1n) is 7.25. The molecule has 1 saturated heterocycles. The topological polar surface area (TPSA) is 54.5 Å². The Morgan fingerprint density at radius 2 is 2.30 bits per heavy atom. The van der Waals surface area contributed by atoms with E-state index in [1.54, 1.807) is 18.5 Å². The van der Waals surface area contributed by atoms with Gasteiger partial charge in [0.05, 0.1) is 6.20 Å². The maximum atomic E-state index is 12.1. The molecule has 0 radical (unpaired) electrons. The molecule has 0 aliphatic carbocycles. The Morgan fingerprint density at radius 1 is 1.50 bits per heavy atom. The molecule has 0 bridgehead atoms. The summed E-state index contributed by atoms with van der Waals surface area (Å²) < 4.78 is 5.45. The molecule has 1 amide bonds. The zero-order chi connectivity index (χ0) is 14.2. The molecular weight excluding hydrogens is 254 g/mol.